The Labute approximate surface area is 369 Å². The van der Waals surface area contributed by atoms with E-state index in [9.17, 15) is 9.59 Å². The number of allylic oxidation sites excluding steroid dienone is 5. The summed E-state index contributed by atoms with van der Waals surface area (Å²) < 4.78 is 20.8. The second-order valence-electron chi connectivity index (χ2n) is 14.8. The summed E-state index contributed by atoms with van der Waals surface area (Å²) >= 11 is 0. The Morgan fingerprint density at radius 1 is 0.557 bits per heavy atom. The molecule has 0 saturated heterocycles. The van der Waals surface area contributed by atoms with Crippen LogP contribution in [0.5, 0.6) is 11.5 Å². The zero-order valence-corrected chi connectivity index (χ0v) is 39.0. The third kappa shape index (κ3) is 9.68. The fourth-order valence-electron chi connectivity index (χ4n) is 7.50. The van der Waals surface area contributed by atoms with Crippen LogP contribution in [0.25, 0.3) is 62.6 Å². The molecule has 0 unspecified atom stereocenters. The molecule has 0 radical (unpaired) electrons. The second-order valence-corrected chi connectivity index (χ2v) is 14.8. The van der Waals surface area contributed by atoms with Gasteiger partial charge in [-0.05, 0) is 98.2 Å². The van der Waals surface area contributed by atoms with Crippen molar-refractivity contribution in [2.75, 3.05) is 28.4 Å². The van der Waals surface area contributed by atoms with E-state index in [-0.39, 0.29) is 44.3 Å². The third-order valence-corrected chi connectivity index (χ3v) is 11.2. The van der Waals surface area contributed by atoms with Crippen molar-refractivity contribution < 1.29 is 48.0 Å². The van der Waals surface area contributed by atoms with Crippen LogP contribution in [0.3, 0.4) is 0 Å². The second kappa shape index (κ2) is 19.4. The van der Waals surface area contributed by atoms with Crippen molar-refractivity contribution in [3.05, 3.63) is 135 Å². The molecule has 0 N–H and O–H groups in total. The Morgan fingerprint density at radius 3 is 1.66 bits per heavy atom. The summed E-state index contributed by atoms with van der Waals surface area (Å²) in [6.07, 6.45) is 9.54. The number of benzene rings is 2. The van der Waals surface area contributed by atoms with Gasteiger partial charge in [-0.3, -0.25) is 9.59 Å². The van der Waals surface area contributed by atoms with Crippen LogP contribution in [-0.4, -0.2) is 50.3 Å². The number of carbonyl (C=O) groups is 2. The molecule has 8 bridgehead atoms. The van der Waals surface area contributed by atoms with Crippen LogP contribution < -0.4 is 19.4 Å². The summed E-state index contributed by atoms with van der Waals surface area (Å²) in [6.45, 7) is 8.19. The molecule has 7 rings (SSSR count). The van der Waals surface area contributed by atoms with Gasteiger partial charge in [0.05, 0.1) is 51.2 Å². The van der Waals surface area contributed by atoms with Gasteiger partial charge in [0.1, 0.15) is 11.5 Å². The summed E-state index contributed by atoms with van der Waals surface area (Å²) in [6, 6.07) is 23.8. The maximum Gasteiger partial charge on any atom is 2.00 e. The van der Waals surface area contributed by atoms with Gasteiger partial charge >= 0.3 is 31.4 Å². The number of ether oxygens (including phenoxy) is 4. The molecule has 306 valence electrons. The van der Waals surface area contributed by atoms with Crippen LogP contribution in [0, 0.1) is 13.8 Å². The van der Waals surface area contributed by atoms with Gasteiger partial charge in [0.25, 0.3) is 0 Å². The molecule has 0 aliphatic carbocycles. The van der Waals surface area contributed by atoms with Crippen molar-refractivity contribution in [1.29, 1.82) is 0 Å². The van der Waals surface area contributed by atoms with Crippen LogP contribution in [0.1, 0.15) is 89.3 Å². The van der Waals surface area contributed by atoms with Gasteiger partial charge in [0, 0.05) is 18.4 Å². The first-order chi connectivity index (χ1) is 29.0. The maximum absolute atomic E-state index is 12.4. The van der Waals surface area contributed by atoms with E-state index in [1.54, 1.807) is 14.2 Å². The minimum absolute atomic E-state index is 0. The number of hydrogen-bond acceptors (Lipinski definition) is 8. The average Bonchev–Trinajstić information content (AvgIpc) is 3.93. The van der Waals surface area contributed by atoms with E-state index >= 15 is 0 Å². The first kappa shape index (κ1) is 44.2. The number of hydrogen-bond donors (Lipinski definition) is 0. The fraction of sp³-hybridized carbons (Fsp3) is 0.240. The van der Waals surface area contributed by atoms with Crippen LogP contribution in [-0.2, 0) is 45.0 Å². The minimum Gasteiger partial charge on any atom is -0.657 e. The summed E-state index contributed by atoms with van der Waals surface area (Å²) in [7, 11) is 6.10. The van der Waals surface area contributed by atoms with E-state index < -0.39 is 0 Å². The van der Waals surface area contributed by atoms with E-state index in [2.05, 4.69) is 38.2 Å². The van der Waals surface area contributed by atoms with Crippen LogP contribution >= 0.6 is 0 Å². The molecule has 10 nitrogen and oxygen atoms in total. The van der Waals surface area contributed by atoms with Crippen LogP contribution in [0.2, 0.25) is 0 Å². The fourth-order valence-corrected chi connectivity index (χ4v) is 7.50. The topological polar surface area (TPSA) is 125 Å². The number of methoxy groups -OCH3 is 4. The quantitative estimate of drug-likeness (QED) is 0.0884. The Kier molecular flexibility index (Phi) is 14.1. The van der Waals surface area contributed by atoms with Gasteiger partial charge in [0.15, 0.2) is 0 Å². The number of rotatable bonds is 12. The molecule has 2 aliphatic rings. The molecule has 0 atom stereocenters. The molecular formula is C50H48N4O6Zn. The number of carbonyl (C=O) groups excluding carboxylic acids is 2. The smallest absolute Gasteiger partial charge is 0.657 e. The number of aryl methyl sites for hydroxylation is 3. The summed E-state index contributed by atoms with van der Waals surface area (Å²) in [5.74, 6) is 0.958. The predicted molar refractivity (Wildman–Crippen MR) is 239 cm³/mol. The molecule has 5 heterocycles. The van der Waals surface area contributed by atoms with E-state index in [4.69, 9.17) is 38.9 Å². The molecule has 5 aromatic rings. The molecule has 0 fully saturated rings. The number of esters is 2. The van der Waals surface area contributed by atoms with Crippen molar-refractivity contribution in [2.45, 2.75) is 53.4 Å². The van der Waals surface area contributed by atoms with E-state index in [0.29, 0.717) is 24.1 Å². The Bertz CT molecular complexity index is 2770. The molecule has 0 amide bonds. The molecule has 61 heavy (non-hydrogen) atoms. The predicted octanol–water partition coefficient (Wildman–Crippen LogP) is 10.0. The zero-order chi connectivity index (χ0) is 42.5. The minimum atomic E-state index is -0.308. The van der Waals surface area contributed by atoms with Gasteiger partial charge in [-0.15, -0.1) is 22.1 Å². The monoisotopic (exact) mass is 864 g/mol. The largest absolute Gasteiger partial charge is 2.00 e. The van der Waals surface area contributed by atoms with Gasteiger partial charge in [-0.2, -0.15) is 0 Å². The van der Waals surface area contributed by atoms with Gasteiger partial charge in [-0.25, -0.2) is 9.97 Å². The number of fused-ring (bicyclic) bond motifs is 8. The number of nitrogens with zero attached hydrogens (tertiary/aromatic N) is 4. The van der Waals surface area contributed by atoms with Gasteiger partial charge in [-0.1, -0.05) is 89.5 Å². The zero-order valence-electron chi connectivity index (χ0n) is 36.0. The normalized spacial score (nSPS) is 12.6. The van der Waals surface area contributed by atoms with Crippen molar-refractivity contribution in [3.63, 3.8) is 0 Å². The number of aromatic nitrogens is 4. The van der Waals surface area contributed by atoms with Crippen molar-refractivity contribution in [1.82, 2.24) is 19.9 Å². The summed E-state index contributed by atoms with van der Waals surface area (Å²) in [5, 5.41) is 0. The van der Waals surface area contributed by atoms with Crippen LogP contribution in [0.4, 0.5) is 0 Å². The van der Waals surface area contributed by atoms with E-state index in [1.165, 1.54) is 14.2 Å². The Hall–Kier alpha value is -6.32. The standard InChI is InChI=1S/C50H48N4O6.Zn/c1-29-37(19-13-33-9-15-35(57-5)16-10-33)45-26-43-30(2)38(20-14-34-11-17-36(58-6)18-12-34)46(53-43)27-44-32(4)40(22-24-50(56)60-8)48(54-44)28-47-39(21-23-49(55)59-7)31(3)42(52-47)25-41(29)51-45;/h9-20,25-28H,21-24H2,1-8H3;/q-2;+2/b19-13+,20-14+,41-25?,42-25?,43-26?,44-27?,45-26?,46-27?,47-28?,48-28?;. The summed E-state index contributed by atoms with van der Waals surface area (Å²) in [5.41, 5.74) is 15.5. The van der Waals surface area contributed by atoms with E-state index in [1.807, 2.05) is 86.6 Å². The van der Waals surface area contributed by atoms with E-state index in [0.717, 1.165) is 101 Å². The van der Waals surface area contributed by atoms with Crippen LogP contribution in [0.15, 0.2) is 78.9 Å². The van der Waals surface area contributed by atoms with Gasteiger partial charge in [0.2, 0.25) is 0 Å². The van der Waals surface area contributed by atoms with Crippen molar-refractivity contribution >= 4 is 74.5 Å². The SMILES string of the molecule is COC(=O)CCC1=C(C)c2cc3[n-]c(cc4nc(cc5[n-]c(cc1n2)c(CCC(=O)OC)c5C)C(/C=C/c1ccc(OC)cc1)=C4C)c(/C=C/c1ccc(OC)cc1)c3C.[Zn+2]. The molecular weight excluding hydrogens is 818 g/mol. The first-order valence-corrected chi connectivity index (χ1v) is 19.8. The average molecular weight is 866 g/mol. The molecule has 3 aromatic heterocycles. The van der Waals surface area contributed by atoms with Crippen molar-refractivity contribution in [3.8, 4) is 11.5 Å². The molecule has 0 saturated carbocycles. The first-order valence-electron chi connectivity index (χ1n) is 19.8. The Morgan fingerprint density at radius 2 is 1.05 bits per heavy atom. The summed E-state index contributed by atoms with van der Waals surface area (Å²) in [4.78, 5) is 45.7. The molecule has 0 spiro atoms. The van der Waals surface area contributed by atoms with Crippen molar-refractivity contribution in [2.24, 2.45) is 0 Å². The third-order valence-electron chi connectivity index (χ3n) is 11.2. The molecule has 11 heteroatoms. The molecule has 2 aliphatic heterocycles. The Balaban J connectivity index is 0.00000622. The molecule has 2 aromatic carbocycles. The van der Waals surface area contributed by atoms with Gasteiger partial charge < -0.3 is 28.9 Å². The maximum atomic E-state index is 12.4.